The molecule has 0 saturated carbocycles. The summed E-state index contributed by atoms with van der Waals surface area (Å²) < 4.78 is 0. The van der Waals surface area contributed by atoms with Gasteiger partial charge in [-0.15, -0.1) is 0 Å². The molecule has 0 unspecified atom stereocenters. The topological polar surface area (TPSA) is 54.5 Å². The summed E-state index contributed by atoms with van der Waals surface area (Å²) in [7, 11) is 0. The fraction of sp³-hybridized carbons (Fsp3) is 0.111. The van der Waals surface area contributed by atoms with Crippen molar-refractivity contribution in [2.75, 3.05) is 5.01 Å². The van der Waals surface area contributed by atoms with Crippen LogP contribution in [0.4, 0.5) is 5.82 Å². The first-order valence-corrected chi connectivity index (χ1v) is 4.06. The van der Waals surface area contributed by atoms with Crippen molar-refractivity contribution in [2.24, 2.45) is 10.8 Å². The highest BCUT2D eigenvalue weighted by Crippen LogP contribution is 2.12. The third-order valence-electron chi connectivity index (χ3n) is 1.69. The average Bonchev–Trinajstić information content (AvgIpc) is 2.19. The minimum atomic E-state index is 0.605. The predicted octanol–water partition coefficient (Wildman–Crippen LogP) is 1.08. The second kappa shape index (κ2) is 3.26. The van der Waals surface area contributed by atoms with Gasteiger partial charge >= 0.3 is 0 Å². The van der Waals surface area contributed by atoms with E-state index in [1.807, 2.05) is 30.5 Å². The Balaban J connectivity index is 2.27. The third-order valence-corrected chi connectivity index (χ3v) is 1.69. The van der Waals surface area contributed by atoms with Crippen LogP contribution in [0, 0.1) is 0 Å². The molecule has 13 heavy (non-hydrogen) atoms. The van der Waals surface area contributed by atoms with Crippen LogP contribution >= 0.6 is 0 Å². The Kier molecular flexibility index (Phi) is 1.96. The van der Waals surface area contributed by atoms with E-state index in [4.69, 9.17) is 5.73 Å². The van der Waals surface area contributed by atoms with Crippen molar-refractivity contribution in [3.63, 3.8) is 0 Å². The largest absolute Gasteiger partial charge is 0.385 e. The van der Waals surface area contributed by atoms with Crippen LogP contribution in [-0.2, 0) is 0 Å². The van der Waals surface area contributed by atoms with Gasteiger partial charge in [-0.25, -0.2) is 9.99 Å². The SMILES string of the molecule is NC1=NN(c2ccccn2)C=CC1. The second-order valence-corrected chi connectivity index (χ2v) is 2.71. The Morgan fingerprint density at radius 1 is 1.38 bits per heavy atom. The van der Waals surface area contributed by atoms with Gasteiger partial charge in [-0.3, -0.25) is 0 Å². The molecule has 2 rings (SSSR count). The molecule has 1 aliphatic heterocycles. The maximum atomic E-state index is 5.59. The van der Waals surface area contributed by atoms with E-state index in [0.717, 1.165) is 5.82 Å². The van der Waals surface area contributed by atoms with E-state index in [1.54, 1.807) is 11.2 Å². The molecule has 0 saturated heterocycles. The van der Waals surface area contributed by atoms with Gasteiger partial charge in [0, 0.05) is 18.8 Å². The maximum absolute atomic E-state index is 5.59. The zero-order chi connectivity index (χ0) is 9.10. The van der Waals surface area contributed by atoms with Crippen LogP contribution in [0.2, 0.25) is 0 Å². The fourth-order valence-corrected chi connectivity index (χ4v) is 1.10. The highest BCUT2D eigenvalue weighted by atomic mass is 15.5. The van der Waals surface area contributed by atoms with Gasteiger partial charge in [0.05, 0.1) is 0 Å². The van der Waals surface area contributed by atoms with E-state index in [2.05, 4.69) is 10.1 Å². The summed E-state index contributed by atoms with van der Waals surface area (Å²) in [6, 6.07) is 5.66. The lowest BCUT2D eigenvalue weighted by Gasteiger charge is -2.16. The van der Waals surface area contributed by atoms with E-state index >= 15 is 0 Å². The molecule has 0 atom stereocenters. The molecule has 1 aromatic heterocycles. The monoisotopic (exact) mass is 174 g/mol. The molecule has 2 N–H and O–H groups in total. The summed E-state index contributed by atoms with van der Waals surface area (Å²) in [6.45, 7) is 0. The molecule has 4 heteroatoms. The van der Waals surface area contributed by atoms with Crippen LogP contribution < -0.4 is 10.7 Å². The van der Waals surface area contributed by atoms with Crippen LogP contribution in [0.5, 0.6) is 0 Å². The molecule has 0 bridgehead atoms. The van der Waals surface area contributed by atoms with Crippen molar-refractivity contribution in [1.29, 1.82) is 0 Å². The first kappa shape index (κ1) is 7.79. The predicted molar refractivity (Wildman–Crippen MR) is 52.1 cm³/mol. The highest BCUT2D eigenvalue weighted by Gasteiger charge is 2.05. The van der Waals surface area contributed by atoms with Gasteiger partial charge in [0.25, 0.3) is 0 Å². The summed E-state index contributed by atoms with van der Waals surface area (Å²) in [5, 5.41) is 5.80. The molecule has 2 heterocycles. The van der Waals surface area contributed by atoms with Crippen molar-refractivity contribution in [1.82, 2.24) is 4.98 Å². The van der Waals surface area contributed by atoms with Crippen molar-refractivity contribution in [2.45, 2.75) is 6.42 Å². The quantitative estimate of drug-likeness (QED) is 0.693. The van der Waals surface area contributed by atoms with Crippen molar-refractivity contribution in [3.05, 3.63) is 36.7 Å². The van der Waals surface area contributed by atoms with E-state index < -0.39 is 0 Å². The fourth-order valence-electron chi connectivity index (χ4n) is 1.10. The minimum Gasteiger partial charge on any atom is -0.385 e. The molecule has 4 nitrogen and oxygen atoms in total. The van der Waals surface area contributed by atoms with Crippen molar-refractivity contribution in [3.8, 4) is 0 Å². The van der Waals surface area contributed by atoms with E-state index in [1.165, 1.54) is 0 Å². The van der Waals surface area contributed by atoms with Crippen molar-refractivity contribution >= 4 is 11.7 Å². The van der Waals surface area contributed by atoms with Crippen LogP contribution in [0.15, 0.2) is 41.8 Å². The summed E-state index contributed by atoms with van der Waals surface area (Å²) in [5.74, 6) is 1.38. The van der Waals surface area contributed by atoms with E-state index in [9.17, 15) is 0 Å². The van der Waals surface area contributed by atoms with Gasteiger partial charge in [0.2, 0.25) is 0 Å². The number of pyridine rings is 1. The molecular weight excluding hydrogens is 164 g/mol. The number of anilines is 1. The number of hydrogen-bond acceptors (Lipinski definition) is 4. The first-order chi connectivity index (χ1) is 6.36. The zero-order valence-corrected chi connectivity index (χ0v) is 7.09. The minimum absolute atomic E-state index is 0.605. The lowest BCUT2D eigenvalue weighted by Crippen LogP contribution is -2.22. The molecule has 1 aliphatic rings. The number of nitrogens with zero attached hydrogens (tertiary/aromatic N) is 3. The average molecular weight is 174 g/mol. The zero-order valence-electron chi connectivity index (χ0n) is 7.09. The Morgan fingerprint density at radius 3 is 3.00 bits per heavy atom. The number of rotatable bonds is 1. The summed E-state index contributed by atoms with van der Waals surface area (Å²) in [4.78, 5) is 4.15. The molecule has 0 aliphatic carbocycles. The van der Waals surface area contributed by atoms with Crippen LogP contribution in [0.1, 0.15) is 6.42 Å². The number of hydrazone groups is 1. The Labute approximate surface area is 76.4 Å². The number of amidine groups is 1. The second-order valence-electron chi connectivity index (χ2n) is 2.71. The molecule has 0 radical (unpaired) electrons. The smallest absolute Gasteiger partial charge is 0.153 e. The van der Waals surface area contributed by atoms with Gasteiger partial charge < -0.3 is 5.73 Å². The van der Waals surface area contributed by atoms with Gasteiger partial charge in [0.15, 0.2) is 5.82 Å². The maximum Gasteiger partial charge on any atom is 0.153 e. The summed E-state index contributed by atoms with van der Waals surface area (Å²) in [6.07, 6.45) is 6.25. The molecule has 0 amide bonds. The van der Waals surface area contributed by atoms with E-state index in [0.29, 0.717) is 12.3 Å². The number of nitrogens with two attached hydrogens (primary N) is 1. The van der Waals surface area contributed by atoms with Gasteiger partial charge in [-0.1, -0.05) is 12.1 Å². The van der Waals surface area contributed by atoms with Gasteiger partial charge in [0.1, 0.15) is 5.84 Å². The van der Waals surface area contributed by atoms with Gasteiger partial charge in [-0.05, 0) is 12.1 Å². The molecule has 0 aromatic carbocycles. The number of aromatic nitrogens is 1. The Hall–Kier alpha value is -1.84. The number of hydrogen-bond donors (Lipinski definition) is 1. The first-order valence-electron chi connectivity index (χ1n) is 4.06. The molecule has 0 fully saturated rings. The Bertz CT molecular complexity index is 342. The standard InChI is InChI=1S/C9H10N4/c10-8-4-3-7-13(12-8)9-5-1-2-6-11-9/h1-3,5-7H,4H2,(H2,10,12). The lowest BCUT2D eigenvalue weighted by molar-refractivity contribution is 0.989. The van der Waals surface area contributed by atoms with Crippen LogP contribution in [-0.4, -0.2) is 10.8 Å². The van der Waals surface area contributed by atoms with Gasteiger partial charge in [-0.2, -0.15) is 5.10 Å². The third kappa shape index (κ3) is 1.66. The molecule has 0 spiro atoms. The van der Waals surface area contributed by atoms with E-state index in [-0.39, 0.29) is 0 Å². The van der Waals surface area contributed by atoms with Crippen LogP contribution in [0.25, 0.3) is 0 Å². The molecule has 1 aromatic rings. The van der Waals surface area contributed by atoms with Crippen LogP contribution in [0.3, 0.4) is 0 Å². The molecular formula is C9H10N4. The molecule has 66 valence electrons. The highest BCUT2D eigenvalue weighted by molar-refractivity contribution is 5.83. The van der Waals surface area contributed by atoms with Crippen molar-refractivity contribution < 1.29 is 0 Å². The summed E-state index contributed by atoms with van der Waals surface area (Å²) in [5.41, 5.74) is 5.59. The normalized spacial score (nSPS) is 15.7. The lowest BCUT2D eigenvalue weighted by atomic mass is 10.3. The Morgan fingerprint density at radius 2 is 2.31 bits per heavy atom. The summed E-state index contributed by atoms with van der Waals surface area (Å²) >= 11 is 0.